The van der Waals surface area contributed by atoms with E-state index in [1.807, 2.05) is 20.8 Å². The summed E-state index contributed by atoms with van der Waals surface area (Å²) in [4.78, 5) is 22.6. The van der Waals surface area contributed by atoms with Gasteiger partial charge in [0, 0.05) is 11.8 Å². The van der Waals surface area contributed by atoms with E-state index in [9.17, 15) is 9.59 Å². The second-order valence-corrected chi connectivity index (χ2v) is 4.43. The number of nitrogens with two attached hydrogens (primary N) is 1. The predicted molar refractivity (Wildman–Crippen MR) is 63.9 cm³/mol. The first-order chi connectivity index (χ1) is 7.79. The fourth-order valence-electron chi connectivity index (χ4n) is 0.844. The van der Waals surface area contributed by atoms with E-state index in [4.69, 9.17) is 15.2 Å². The van der Waals surface area contributed by atoms with Crippen LogP contribution in [0.4, 0.5) is 0 Å². The van der Waals surface area contributed by atoms with Crippen LogP contribution in [0.3, 0.4) is 0 Å². The summed E-state index contributed by atoms with van der Waals surface area (Å²) in [6.45, 7) is 7.21. The molecular weight excluding hydrogens is 222 g/mol. The van der Waals surface area contributed by atoms with Crippen LogP contribution in [0.25, 0.3) is 0 Å². The lowest BCUT2D eigenvalue weighted by atomic mass is 9.91. The summed E-state index contributed by atoms with van der Waals surface area (Å²) in [5.74, 6) is -0.822. The minimum atomic E-state index is -0.532. The quantitative estimate of drug-likeness (QED) is 0.433. The maximum atomic E-state index is 11.5. The molecule has 0 fully saturated rings. The smallest absolute Gasteiger partial charge is 0.332 e. The van der Waals surface area contributed by atoms with Crippen molar-refractivity contribution in [2.75, 3.05) is 13.2 Å². The van der Waals surface area contributed by atoms with Crippen molar-refractivity contribution in [3.05, 3.63) is 11.8 Å². The second-order valence-electron chi connectivity index (χ2n) is 4.43. The topological polar surface area (TPSA) is 78.6 Å². The average molecular weight is 243 g/mol. The highest BCUT2D eigenvalue weighted by atomic mass is 16.6. The van der Waals surface area contributed by atoms with Gasteiger partial charge in [-0.1, -0.05) is 6.92 Å². The number of hydrogen-bond donors (Lipinski definition) is 1. The Morgan fingerprint density at radius 2 is 1.76 bits per heavy atom. The first-order valence-corrected chi connectivity index (χ1v) is 5.57. The number of esters is 2. The lowest BCUT2D eigenvalue weighted by Crippen LogP contribution is -2.27. The molecule has 0 aliphatic heterocycles. The van der Waals surface area contributed by atoms with E-state index >= 15 is 0 Å². The molecule has 0 bridgehead atoms. The van der Waals surface area contributed by atoms with Gasteiger partial charge in [-0.2, -0.15) is 0 Å². The van der Waals surface area contributed by atoms with E-state index < -0.39 is 11.4 Å². The second kappa shape index (κ2) is 6.93. The van der Waals surface area contributed by atoms with Gasteiger partial charge >= 0.3 is 11.9 Å². The van der Waals surface area contributed by atoms with E-state index in [1.165, 1.54) is 6.08 Å². The van der Waals surface area contributed by atoms with Gasteiger partial charge in [0.05, 0.1) is 5.41 Å². The normalized spacial score (nSPS) is 12.1. The summed E-state index contributed by atoms with van der Waals surface area (Å²) >= 11 is 0. The van der Waals surface area contributed by atoms with Crippen molar-refractivity contribution in [1.82, 2.24) is 0 Å². The van der Waals surface area contributed by atoms with Gasteiger partial charge in [-0.3, -0.25) is 4.79 Å². The van der Waals surface area contributed by atoms with Crippen LogP contribution in [0.2, 0.25) is 0 Å². The molecule has 0 aromatic carbocycles. The van der Waals surface area contributed by atoms with Crippen molar-refractivity contribution in [2.45, 2.75) is 34.1 Å². The van der Waals surface area contributed by atoms with Crippen molar-refractivity contribution in [3.63, 3.8) is 0 Å². The van der Waals surface area contributed by atoms with E-state index in [-0.39, 0.29) is 19.2 Å². The maximum absolute atomic E-state index is 11.5. The van der Waals surface area contributed by atoms with Crippen molar-refractivity contribution >= 4 is 11.9 Å². The summed E-state index contributed by atoms with van der Waals surface area (Å²) in [6.07, 6.45) is 1.87. The third kappa shape index (κ3) is 6.60. The van der Waals surface area contributed by atoms with Crippen molar-refractivity contribution in [1.29, 1.82) is 0 Å². The Bertz CT molecular complexity index is 304. The fraction of sp³-hybridized carbons (Fsp3) is 0.667. The van der Waals surface area contributed by atoms with Crippen LogP contribution in [0.15, 0.2) is 11.8 Å². The fourth-order valence-corrected chi connectivity index (χ4v) is 0.844. The van der Waals surface area contributed by atoms with Crippen LogP contribution < -0.4 is 5.73 Å². The maximum Gasteiger partial charge on any atom is 0.332 e. The summed E-state index contributed by atoms with van der Waals surface area (Å²) in [7, 11) is 0. The molecule has 0 rings (SSSR count). The molecule has 0 radical (unpaired) electrons. The molecular formula is C12H21NO4. The molecule has 98 valence electrons. The molecule has 0 heterocycles. The third-order valence-electron chi connectivity index (χ3n) is 2.34. The summed E-state index contributed by atoms with van der Waals surface area (Å²) in [6, 6.07) is 0. The largest absolute Gasteiger partial charge is 0.462 e. The molecule has 0 spiro atoms. The molecule has 5 heteroatoms. The molecule has 0 aromatic rings. The van der Waals surface area contributed by atoms with E-state index in [0.29, 0.717) is 12.1 Å². The van der Waals surface area contributed by atoms with Crippen LogP contribution in [-0.4, -0.2) is 25.2 Å². The molecule has 0 amide bonds. The molecule has 0 unspecified atom stereocenters. The monoisotopic (exact) mass is 243 g/mol. The zero-order valence-corrected chi connectivity index (χ0v) is 10.9. The van der Waals surface area contributed by atoms with Crippen LogP contribution >= 0.6 is 0 Å². The molecule has 0 saturated heterocycles. The van der Waals surface area contributed by atoms with Gasteiger partial charge in [0.25, 0.3) is 0 Å². The zero-order chi connectivity index (χ0) is 13.5. The van der Waals surface area contributed by atoms with Crippen LogP contribution in [-0.2, 0) is 19.1 Å². The Balaban J connectivity index is 3.84. The van der Waals surface area contributed by atoms with E-state index in [1.54, 1.807) is 6.92 Å². The van der Waals surface area contributed by atoms with Gasteiger partial charge in [-0.05, 0) is 27.2 Å². The molecule has 0 aromatic heterocycles. The molecule has 2 N–H and O–H groups in total. The van der Waals surface area contributed by atoms with Crippen LogP contribution in [0.1, 0.15) is 34.1 Å². The van der Waals surface area contributed by atoms with Crippen molar-refractivity contribution < 1.29 is 19.1 Å². The summed E-state index contributed by atoms with van der Waals surface area (Å²) in [5, 5.41) is 0. The highest BCUT2D eigenvalue weighted by Crippen LogP contribution is 2.21. The minimum absolute atomic E-state index is 0.0359. The number of carbonyl (C=O) groups is 2. The molecule has 0 aliphatic rings. The van der Waals surface area contributed by atoms with Gasteiger partial charge in [-0.25, -0.2) is 4.79 Å². The number of rotatable bonds is 6. The SMILES string of the molecule is CCC(C)(C)C(=O)OCCOC(=O)/C=C(/C)N. The first kappa shape index (κ1) is 15.5. The van der Waals surface area contributed by atoms with Crippen LogP contribution in [0, 0.1) is 5.41 Å². The van der Waals surface area contributed by atoms with Crippen molar-refractivity contribution in [2.24, 2.45) is 11.1 Å². The number of ether oxygens (including phenoxy) is 2. The lowest BCUT2D eigenvalue weighted by Gasteiger charge is -2.20. The average Bonchev–Trinajstić information content (AvgIpc) is 2.23. The predicted octanol–water partition coefficient (Wildman–Crippen LogP) is 1.37. The Morgan fingerprint density at radius 3 is 2.24 bits per heavy atom. The Kier molecular flexibility index (Phi) is 6.31. The summed E-state index contributed by atoms with van der Waals surface area (Å²) < 4.78 is 9.76. The lowest BCUT2D eigenvalue weighted by molar-refractivity contribution is -0.157. The highest BCUT2D eigenvalue weighted by molar-refractivity contribution is 5.82. The molecule has 5 nitrogen and oxygen atoms in total. The van der Waals surface area contributed by atoms with Crippen LogP contribution in [0.5, 0.6) is 0 Å². The van der Waals surface area contributed by atoms with Gasteiger partial charge in [-0.15, -0.1) is 0 Å². The molecule has 0 aliphatic carbocycles. The number of hydrogen-bond acceptors (Lipinski definition) is 5. The molecule has 0 atom stereocenters. The molecule has 0 saturated carbocycles. The van der Waals surface area contributed by atoms with Gasteiger partial charge in [0.2, 0.25) is 0 Å². The molecule has 17 heavy (non-hydrogen) atoms. The van der Waals surface area contributed by atoms with Gasteiger partial charge < -0.3 is 15.2 Å². The van der Waals surface area contributed by atoms with E-state index in [2.05, 4.69) is 0 Å². The summed E-state index contributed by atoms with van der Waals surface area (Å²) in [5.41, 5.74) is 5.17. The Labute approximate surface area is 102 Å². The minimum Gasteiger partial charge on any atom is -0.462 e. The van der Waals surface area contributed by atoms with Crippen molar-refractivity contribution in [3.8, 4) is 0 Å². The standard InChI is InChI=1S/C12H21NO4/c1-5-12(3,4)11(15)17-7-6-16-10(14)8-9(2)13/h8H,5-7,13H2,1-4H3/b9-8-. The zero-order valence-electron chi connectivity index (χ0n) is 10.9. The number of allylic oxidation sites excluding steroid dienone is 1. The number of carbonyl (C=O) groups excluding carboxylic acids is 2. The van der Waals surface area contributed by atoms with E-state index in [0.717, 1.165) is 0 Å². The Hall–Kier alpha value is -1.52. The Morgan fingerprint density at radius 1 is 1.24 bits per heavy atom. The van der Waals surface area contributed by atoms with Gasteiger partial charge in [0.15, 0.2) is 0 Å². The van der Waals surface area contributed by atoms with Gasteiger partial charge in [0.1, 0.15) is 13.2 Å². The highest BCUT2D eigenvalue weighted by Gasteiger charge is 2.26. The third-order valence-corrected chi connectivity index (χ3v) is 2.34. The first-order valence-electron chi connectivity index (χ1n) is 5.57.